The van der Waals surface area contributed by atoms with Gasteiger partial charge in [-0.2, -0.15) is 0 Å². The normalized spacial score (nSPS) is 25.9. The molecular formula is C12H23N3O. The fourth-order valence-corrected chi connectivity index (χ4v) is 2.23. The van der Waals surface area contributed by atoms with Gasteiger partial charge in [0.2, 0.25) is 5.91 Å². The van der Waals surface area contributed by atoms with E-state index in [4.69, 9.17) is 0 Å². The molecule has 4 nitrogen and oxygen atoms in total. The van der Waals surface area contributed by atoms with Gasteiger partial charge in [0.05, 0.1) is 6.54 Å². The van der Waals surface area contributed by atoms with Crippen LogP contribution < -0.4 is 10.6 Å². The van der Waals surface area contributed by atoms with E-state index in [9.17, 15) is 4.79 Å². The van der Waals surface area contributed by atoms with Gasteiger partial charge in [0.1, 0.15) is 0 Å². The Balaban J connectivity index is 1.48. The van der Waals surface area contributed by atoms with Crippen molar-refractivity contribution < 1.29 is 4.79 Å². The molecule has 1 atom stereocenters. The van der Waals surface area contributed by atoms with Gasteiger partial charge >= 0.3 is 0 Å². The van der Waals surface area contributed by atoms with E-state index < -0.39 is 0 Å². The summed E-state index contributed by atoms with van der Waals surface area (Å²) < 4.78 is 0. The van der Waals surface area contributed by atoms with Gasteiger partial charge in [-0.1, -0.05) is 0 Å². The topological polar surface area (TPSA) is 44.4 Å². The Labute approximate surface area is 97.8 Å². The quantitative estimate of drug-likeness (QED) is 0.671. The van der Waals surface area contributed by atoms with Gasteiger partial charge < -0.3 is 15.5 Å². The average molecular weight is 225 g/mol. The summed E-state index contributed by atoms with van der Waals surface area (Å²) in [4.78, 5) is 13.8. The zero-order valence-electron chi connectivity index (χ0n) is 10.2. The van der Waals surface area contributed by atoms with E-state index in [1.807, 2.05) is 0 Å². The molecule has 1 amide bonds. The first kappa shape index (κ1) is 11.9. The van der Waals surface area contributed by atoms with Crippen LogP contribution in [0.25, 0.3) is 0 Å². The summed E-state index contributed by atoms with van der Waals surface area (Å²) in [5, 5.41) is 6.22. The van der Waals surface area contributed by atoms with E-state index in [1.165, 1.54) is 25.8 Å². The van der Waals surface area contributed by atoms with Crippen molar-refractivity contribution in [3.05, 3.63) is 0 Å². The Bertz CT molecular complexity index is 240. The Hall–Kier alpha value is -0.610. The van der Waals surface area contributed by atoms with Crippen LogP contribution in [0, 0.1) is 11.8 Å². The van der Waals surface area contributed by atoms with Crippen molar-refractivity contribution in [2.45, 2.75) is 19.3 Å². The first-order chi connectivity index (χ1) is 7.74. The molecular weight excluding hydrogens is 202 g/mol. The fraction of sp³-hybridized carbons (Fsp3) is 0.917. The molecule has 1 saturated carbocycles. The molecule has 1 saturated heterocycles. The first-order valence-electron chi connectivity index (χ1n) is 6.40. The van der Waals surface area contributed by atoms with Gasteiger partial charge in [-0.15, -0.1) is 0 Å². The third kappa shape index (κ3) is 4.10. The second-order valence-corrected chi connectivity index (χ2v) is 5.30. The molecule has 2 aliphatic rings. The minimum atomic E-state index is 0.151. The number of carbonyl (C=O) groups excluding carboxylic acids is 1. The van der Waals surface area contributed by atoms with E-state index in [-0.39, 0.29) is 5.91 Å². The molecule has 1 aliphatic carbocycles. The highest BCUT2D eigenvalue weighted by atomic mass is 16.1. The van der Waals surface area contributed by atoms with Crippen molar-refractivity contribution in [2.75, 3.05) is 39.8 Å². The molecule has 0 radical (unpaired) electrons. The molecule has 2 rings (SSSR count). The first-order valence-corrected chi connectivity index (χ1v) is 6.40. The summed E-state index contributed by atoms with van der Waals surface area (Å²) in [6.45, 7) is 4.69. The standard InChI is InChI=1S/C12H23N3O/c1-15-5-4-11(9-15)6-13-8-12(16)14-7-10-2-3-10/h10-11,13H,2-9H2,1H3,(H,14,16). The van der Waals surface area contributed by atoms with E-state index in [1.54, 1.807) is 0 Å². The molecule has 0 aromatic carbocycles. The van der Waals surface area contributed by atoms with Crippen LogP contribution >= 0.6 is 0 Å². The van der Waals surface area contributed by atoms with E-state index in [0.29, 0.717) is 6.54 Å². The number of rotatable bonds is 6. The smallest absolute Gasteiger partial charge is 0.233 e. The molecule has 1 heterocycles. The van der Waals surface area contributed by atoms with Crippen molar-refractivity contribution in [3.63, 3.8) is 0 Å². The maximum atomic E-state index is 11.4. The zero-order chi connectivity index (χ0) is 11.4. The lowest BCUT2D eigenvalue weighted by molar-refractivity contribution is -0.120. The molecule has 16 heavy (non-hydrogen) atoms. The van der Waals surface area contributed by atoms with Crippen molar-refractivity contribution in [1.82, 2.24) is 15.5 Å². The maximum Gasteiger partial charge on any atom is 0.233 e. The minimum Gasteiger partial charge on any atom is -0.355 e. The van der Waals surface area contributed by atoms with Gasteiger partial charge in [-0.3, -0.25) is 4.79 Å². The lowest BCUT2D eigenvalue weighted by Gasteiger charge is -2.11. The maximum absolute atomic E-state index is 11.4. The Morgan fingerprint density at radius 2 is 2.06 bits per heavy atom. The summed E-state index contributed by atoms with van der Waals surface area (Å²) in [6.07, 6.45) is 3.84. The molecule has 4 heteroatoms. The third-order valence-electron chi connectivity index (χ3n) is 3.49. The van der Waals surface area contributed by atoms with Gasteiger partial charge in [0.25, 0.3) is 0 Å². The number of amides is 1. The summed E-state index contributed by atoms with van der Waals surface area (Å²) in [5.74, 6) is 1.65. The summed E-state index contributed by atoms with van der Waals surface area (Å²) >= 11 is 0. The molecule has 92 valence electrons. The molecule has 1 unspecified atom stereocenters. The van der Waals surface area contributed by atoms with Gasteiger partial charge in [-0.25, -0.2) is 0 Å². The second-order valence-electron chi connectivity index (χ2n) is 5.30. The van der Waals surface area contributed by atoms with Crippen LogP contribution in [0.15, 0.2) is 0 Å². The monoisotopic (exact) mass is 225 g/mol. The number of carbonyl (C=O) groups is 1. The molecule has 2 N–H and O–H groups in total. The van der Waals surface area contributed by atoms with Crippen molar-refractivity contribution in [2.24, 2.45) is 11.8 Å². The average Bonchev–Trinajstić information content (AvgIpc) is 2.99. The molecule has 0 bridgehead atoms. The fourth-order valence-electron chi connectivity index (χ4n) is 2.23. The predicted octanol–water partition coefficient (Wildman–Crippen LogP) is 0.0539. The lowest BCUT2D eigenvalue weighted by Crippen LogP contribution is -2.37. The Morgan fingerprint density at radius 3 is 2.69 bits per heavy atom. The van der Waals surface area contributed by atoms with Crippen molar-refractivity contribution >= 4 is 5.91 Å². The van der Waals surface area contributed by atoms with Crippen molar-refractivity contribution in [3.8, 4) is 0 Å². The van der Waals surface area contributed by atoms with E-state index >= 15 is 0 Å². The molecule has 0 spiro atoms. The second kappa shape index (κ2) is 5.64. The largest absolute Gasteiger partial charge is 0.355 e. The Morgan fingerprint density at radius 1 is 1.25 bits per heavy atom. The molecule has 0 aromatic rings. The van der Waals surface area contributed by atoms with Crippen LogP contribution in [-0.4, -0.2) is 50.6 Å². The van der Waals surface area contributed by atoms with Gasteiger partial charge in [0.15, 0.2) is 0 Å². The Kier molecular flexibility index (Phi) is 4.18. The number of likely N-dealkylation sites (tertiary alicyclic amines) is 1. The van der Waals surface area contributed by atoms with Crippen LogP contribution in [0.3, 0.4) is 0 Å². The highest BCUT2D eigenvalue weighted by Crippen LogP contribution is 2.27. The highest BCUT2D eigenvalue weighted by Gasteiger charge is 2.22. The van der Waals surface area contributed by atoms with E-state index in [0.717, 1.165) is 31.5 Å². The molecule has 2 fully saturated rings. The van der Waals surface area contributed by atoms with Crippen LogP contribution in [0.1, 0.15) is 19.3 Å². The summed E-state index contributed by atoms with van der Waals surface area (Å²) in [7, 11) is 2.16. The van der Waals surface area contributed by atoms with Crippen LogP contribution in [-0.2, 0) is 4.79 Å². The SMILES string of the molecule is CN1CCC(CNCC(=O)NCC2CC2)C1. The highest BCUT2D eigenvalue weighted by molar-refractivity contribution is 5.77. The predicted molar refractivity (Wildman–Crippen MR) is 64.2 cm³/mol. The van der Waals surface area contributed by atoms with Crippen molar-refractivity contribution in [1.29, 1.82) is 0 Å². The zero-order valence-corrected chi connectivity index (χ0v) is 10.2. The van der Waals surface area contributed by atoms with Crippen LogP contribution in [0.5, 0.6) is 0 Å². The van der Waals surface area contributed by atoms with Crippen LogP contribution in [0.4, 0.5) is 0 Å². The van der Waals surface area contributed by atoms with Crippen LogP contribution in [0.2, 0.25) is 0 Å². The molecule has 0 aromatic heterocycles. The third-order valence-corrected chi connectivity index (χ3v) is 3.49. The summed E-state index contributed by atoms with van der Waals surface area (Å²) in [5.41, 5.74) is 0. The van der Waals surface area contributed by atoms with Gasteiger partial charge in [0, 0.05) is 13.1 Å². The summed E-state index contributed by atoms with van der Waals surface area (Å²) in [6, 6.07) is 0. The number of nitrogens with zero attached hydrogens (tertiary/aromatic N) is 1. The molecule has 1 aliphatic heterocycles. The van der Waals surface area contributed by atoms with Gasteiger partial charge in [-0.05, 0) is 51.2 Å². The van der Waals surface area contributed by atoms with E-state index in [2.05, 4.69) is 22.6 Å². The number of hydrogen-bond donors (Lipinski definition) is 2. The lowest BCUT2D eigenvalue weighted by atomic mass is 10.1. The number of nitrogens with one attached hydrogen (secondary N) is 2. The minimum absolute atomic E-state index is 0.151. The number of hydrogen-bond acceptors (Lipinski definition) is 3.